The third-order valence-electron chi connectivity index (χ3n) is 5.59. The van der Waals surface area contributed by atoms with Gasteiger partial charge in [-0.1, -0.05) is 55.1 Å². The number of esters is 1. The summed E-state index contributed by atoms with van der Waals surface area (Å²) in [5.74, 6) is -0.524. The molecule has 0 saturated carbocycles. The molecule has 1 N–H and O–H groups in total. The maximum Gasteiger partial charge on any atom is 0.338 e. The van der Waals surface area contributed by atoms with E-state index in [4.69, 9.17) is 9.73 Å². The van der Waals surface area contributed by atoms with Gasteiger partial charge in [0, 0.05) is 11.4 Å². The Labute approximate surface area is 198 Å². The zero-order valence-electron chi connectivity index (χ0n) is 19.2. The highest BCUT2D eigenvalue weighted by molar-refractivity contribution is 8.16. The van der Waals surface area contributed by atoms with Crippen LogP contribution >= 0.6 is 11.8 Å². The van der Waals surface area contributed by atoms with Gasteiger partial charge in [0.25, 0.3) is 0 Å². The quantitative estimate of drug-likeness (QED) is 0.578. The van der Waals surface area contributed by atoms with Crippen LogP contribution in [0.15, 0.2) is 75.9 Å². The summed E-state index contributed by atoms with van der Waals surface area (Å²) < 4.78 is 5.14. The number of benzene rings is 2. The molecule has 33 heavy (non-hydrogen) atoms. The summed E-state index contributed by atoms with van der Waals surface area (Å²) in [7, 11) is 1.39. The van der Waals surface area contributed by atoms with Crippen molar-refractivity contribution in [3.63, 3.8) is 0 Å². The summed E-state index contributed by atoms with van der Waals surface area (Å²) in [6.07, 6.45) is 0.770. The molecule has 1 unspecified atom stereocenters. The first-order valence-corrected chi connectivity index (χ1v) is 11.8. The lowest BCUT2D eigenvalue weighted by Crippen LogP contribution is -2.37. The number of hydrogen-bond donors (Lipinski definition) is 1. The summed E-state index contributed by atoms with van der Waals surface area (Å²) in [5.41, 5.74) is 5.93. The van der Waals surface area contributed by atoms with Crippen molar-refractivity contribution in [2.75, 3.05) is 12.4 Å². The number of aryl methyl sites for hydroxylation is 2. The van der Waals surface area contributed by atoms with E-state index in [0.29, 0.717) is 17.7 Å². The van der Waals surface area contributed by atoms with Gasteiger partial charge >= 0.3 is 5.97 Å². The van der Waals surface area contributed by atoms with Gasteiger partial charge < -0.3 is 15.0 Å². The number of carbonyl (C=O) groups is 2. The zero-order chi connectivity index (χ0) is 23.5. The van der Waals surface area contributed by atoms with E-state index in [1.165, 1.54) is 18.9 Å². The lowest BCUT2D eigenvalue weighted by atomic mass is 9.93. The number of carbonyl (C=O) groups excluding carboxylic acids is 2. The van der Waals surface area contributed by atoms with Gasteiger partial charge in [0.05, 0.1) is 30.8 Å². The van der Waals surface area contributed by atoms with Gasteiger partial charge in [0.1, 0.15) is 0 Å². The second-order valence-corrected chi connectivity index (χ2v) is 8.95. The molecule has 2 aliphatic heterocycles. The van der Waals surface area contributed by atoms with E-state index in [2.05, 4.69) is 11.4 Å². The van der Waals surface area contributed by atoms with Crippen LogP contribution in [0.25, 0.3) is 0 Å². The molecule has 1 atom stereocenters. The Balaban J connectivity index is 1.66. The topological polar surface area (TPSA) is 71.0 Å². The minimum Gasteiger partial charge on any atom is -0.466 e. The van der Waals surface area contributed by atoms with Crippen molar-refractivity contribution in [2.24, 2.45) is 4.99 Å². The predicted molar refractivity (Wildman–Crippen MR) is 133 cm³/mol. The van der Waals surface area contributed by atoms with E-state index in [9.17, 15) is 9.59 Å². The first-order valence-electron chi connectivity index (χ1n) is 10.9. The van der Waals surface area contributed by atoms with Crippen molar-refractivity contribution >= 4 is 34.5 Å². The van der Waals surface area contributed by atoms with Gasteiger partial charge in [-0.05, 0) is 54.5 Å². The van der Waals surface area contributed by atoms with Crippen molar-refractivity contribution in [3.05, 3.63) is 87.6 Å². The van der Waals surface area contributed by atoms with Gasteiger partial charge in [-0.3, -0.25) is 4.79 Å². The molecular weight excluding hydrogens is 434 g/mol. The smallest absolute Gasteiger partial charge is 0.338 e. The molecule has 2 aromatic carbocycles. The Morgan fingerprint density at radius 2 is 1.82 bits per heavy atom. The SMILES string of the molecule is CCC1=C(C(=O)OC)C(c2ccccc2)N2C(CC(=O)Nc3cc(C)cc(C)c3)=CSC2=N1. The number of aliphatic imine (C=N–C) groups is 1. The number of rotatable bonds is 6. The molecule has 7 heteroatoms. The van der Waals surface area contributed by atoms with Crippen molar-refractivity contribution in [2.45, 2.75) is 39.7 Å². The Kier molecular flexibility index (Phi) is 6.70. The van der Waals surface area contributed by atoms with E-state index in [0.717, 1.165) is 33.2 Å². The molecule has 0 aliphatic carbocycles. The van der Waals surface area contributed by atoms with E-state index in [-0.39, 0.29) is 12.3 Å². The third kappa shape index (κ3) is 4.73. The van der Waals surface area contributed by atoms with E-state index in [1.807, 2.05) is 73.5 Å². The second kappa shape index (κ2) is 9.67. The molecule has 0 bridgehead atoms. The summed E-state index contributed by atoms with van der Waals surface area (Å²) in [4.78, 5) is 32.6. The van der Waals surface area contributed by atoms with E-state index < -0.39 is 12.0 Å². The summed E-state index contributed by atoms with van der Waals surface area (Å²) >= 11 is 1.47. The van der Waals surface area contributed by atoms with Crippen molar-refractivity contribution in [1.82, 2.24) is 4.90 Å². The lowest BCUT2D eigenvalue weighted by Gasteiger charge is -2.36. The fourth-order valence-electron chi connectivity index (χ4n) is 4.28. The molecule has 1 amide bonds. The van der Waals surface area contributed by atoms with Gasteiger partial charge in [-0.2, -0.15) is 0 Å². The lowest BCUT2D eigenvalue weighted by molar-refractivity contribution is -0.136. The van der Waals surface area contributed by atoms with Crippen LogP contribution in [0.4, 0.5) is 5.69 Å². The van der Waals surface area contributed by atoms with Crippen LogP contribution in [-0.4, -0.2) is 29.1 Å². The van der Waals surface area contributed by atoms with Gasteiger partial charge in [0.2, 0.25) is 5.91 Å². The van der Waals surface area contributed by atoms with Crippen LogP contribution in [0, 0.1) is 13.8 Å². The predicted octanol–water partition coefficient (Wildman–Crippen LogP) is 5.47. The average molecular weight is 462 g/mol. The van der Waals surface area contributed by atoms with Crippen LogP contribution in [0.1, 0.15) is 42.5 Å². The minimum atomic E-state index is -0.406. The Bertz CT molecular complexity index is 1160. The largest absolute Gasteiger partial charge is 0.466 e. The highest BCUT2D eigenvalue weighted by Crippen LogP contribution is 2.45. The average Bonchev–Trinajstić information content (AvgIpc) is 3.19. The summed E-state index contributed by atoms with van der Waals surface area (Å²) in [6.45, 7) is 5.99. The molecule has 0 radical (unpaired) electrons. The molecule has 0 aromatic heterocycles. The molecule has 4 rings (SSSR count). The number of thioether (sulfide) groups is 1. The second-order valence-electron chi connectivity index (χ2n) is 8.11. The molecule has 2 aliphatic rings. The zero-order valence-corrected chi connectivity index (χ0v) is 20.0. The summed E-state index contributed by atoms with van der Waals surface area (Å²) in [6, 6.07) is 15.4. The fourth-order valence-corrected chi connectivity index (χ4v) is 5.22. The number of allylic oxidation sites excluding steroid dienone is 1. The molecule has 170 valence electrons. The number of fused-ring (bicyclic) bond motifs is 1. The number of amides is 1. The molecule has 2 heterocycles. The molecule has 6 nitrogen and oxygen atoms in total. The van der Waals surface area contributed by atoms with Gasteiger partial charge in [-0.15, -0.1) is 0 Å². The first-order chi connectivity index (χ1) is 15.9. The maximum absolute atomic E-state index is 13.0. The van der Waals surface area contributed by atoms with Crippen molar-refractivity contribution in [1.29, 1.82) is 0 Å². The fraction of sp³-hybridized carbons (Fsp3) is 0.269. The minimum absolute atomic E-state index is 0.121. The molecule has 0 fully saturated rings. The van der Waals surface area contributed by atoms with Crippen LogP contribution in [0.3, 0.4) is 0 Å². The normalized spacial score (nSPS) is 17.3. The van der Waals surface area contributed by atoms with Crippen molar-refractivity contribution < 1.29 is 14.3 Å². The number of hydrogen-bond acceptors (Lipinski definition) is 6. The standard InChI is InChI=1S/C26H27N3O3S/c1-5-21-23(25(31)32-4)24(18-9-7-6-8-10-18)29-20(15-33-26(29)28-21)14-22(30)27-19-12-16(2)11-17(3)13-19/h6-13,15,24H,5,14H2,1-4H3,(H,27,30). The number of ether oxygens (including phenoxy) is 1. The van der Waals surface area contributed by atoms with E-state index in [1.54, 1.807) is 0 Å². The molecular formula is C26H27N3O3S. The molecule has 0 spiro atoms. The highest BCUT2D eigenvalue weighted by Gasteiger charge is 2.41. The van der Waals surface area contributed by atoms with Gasteiger partial charge in [-0.25, -0.2) is 9.79 Å². The number of nitrogens with zero attached hydrogens (tertiary/aromatic N) is 2. The van der Waals surface area contributed by atoms with Gasteiger partial charge in [0.15, 0.2) is 5.17 Å². The van der Waals surface area contributed by atoms with Crippen LogP contribution in [0.2, 0.25) is 0 Å². The molecule has 2 aromatic rings. The van der Waals surface area contributed by atoms with E-state index >= 15 is 0 Å². The highest BCUT2D eigenvalue weighted by atomic mass is 32.2. The Hall–Kier alpha value is -3.32. The van der Waals surface area contributed by atoms with Crippen LogP contribution in [0.5, 0.6) is 0 Å². The third-order valence-corrected chi connectivity index (χ3v) is 6.48. The number of nitrogens with one attached hydrogen (secondary N) is 1. The number of amidine groups is 1. The first kappa shape index (κ1) is 22.9. The molecule has 0 saturated heterocycles. The van der Waals surface area contributed by atoms with Crippen molar-refractivity contribution in [3.8, 4) is 0 Å². The maximum atomic E-state index is 13.0. The van der Waals surface area contributed by atoms with Crippen LogP contribution < -0.4 is 5.32 Å². The summed E-state index contributed by atoms with van der Waals surface area (Å²) in [5, 5.41) is 5.72. The number of anilines is 1. The Morgan fingerprint density at radius 3 is 2.45 bits per heavy atom. The van der Waals surface area contributed by atoms with Crippen LogP contribution in [-0.2, 0) is 14.3 Å². The monoisotopic (exact) mass is 461 g/mol. The number of methoxy groups -OCH3 is 1. The Morgan fingerprint density at radius 1 is 1.12 bits per heavy atom.